The minimum absolute atomic E-state index is 0.195. The van der Waals surface area contributed by atoms with Crippen LogP contribution in [0.1, 0.15) is 73.3 Å². The van der Waals surface area contributed by atoms with E-state index in [1.165, 1.54) is 12.8 Å². The quantitative estimate of drug-likeness (QED) is 0.144. The number of nitrogens with two attached hydrogens (primary N) is 1. The average molecular weight is 514 g/mol. The maximum Gasteiger partial charge on any atom is 0.259 e. The van der Waals surface area contributed by atoms with Gasteiger partial charge in [-0.3, -0.25) is 4.79 Å². The van der Waals surface area contributed by atoms with Gasteiger partial charge >= 0.3 is 0 Å². The van der Waals surface area contributed by atoms with E-state index >= 15 is 0 Å². The van der Waals surface area contributed by atoms with E-state index in [0.29, 0.717) is 42.2 Å². The molecule has 1 amide bonds. The summed E-state index contributed by atoms with van der Waals surface area (Å²) in [5.41, 5.74) is 9.58. The summed E-state index contributed by atoms with van der Waals surface area (Å²) in [6, 6.07) is 7.42. The molecule has 0 heterocycles. The smallest absolute Gasteiger partial charge is 0.259 e. The third kappa shape index (κ3) is 11.8. The van der Waals surface area contributed by atoms with Gasteiger partial charge in [-0.25, -0.2) is 4.99 Å². The lowest BCUT2D eigenvalue weighted by Crippen LogP contribution is -2.25. The number of ether oxygens (including phenoxy) is 3. The van der Waals surface area contributed by atoms with Crippen molar-refractivity contribution in [3.05, 3.63) is 64.7 Å². The Bertz CT molecular complexity index is 996. The molecule has 0 aromatic heterocycles. The topological polar surface area (TPSA) is 95.2 Å². The Hall–Kier alpha value is -2.90. The van der Waals surface area contributed by atoms with E-state index < -0.39 is 0 Å². The van der Waals surface area contributed by atoms with Crippen molar-refractivity contribution in [1.82, 2.24) is 0 Å². The normalized spacial score (nSPS) is 15.7. The van der Waals surface area contributed by atoms with E-state index in [1.54, 1.807) is 41.2 Å². The van der Waals surface area contributed by atoms with Crippen molar-refractivity contribution in [2.24, 2.45) is 16.1 Å². The molecular formula is C30H47N3O4. The van der Waals surface area contributed by atoms with Crippen molar-refractivity contribution >= 4 is 17.8 Å². The van der Waals surface area contributed by atoms with Crippen molar-refractivity contribution < 1.29 is 19.0 Å². The molecule has 1 aliphatic rings. The molecule has 1 saturated carbocycles. The standard InChI is InChI=1S/C25H37N3O4.C5H10/c1-9-27-23(26)21(17(2)3)22(18(4)32-15-14-25(5,6)31-8)24(29)28-20-12-10-19(11-13-20)16-30-7;1-5(2)3-4-5/h9-13H,2,14-16,26H2,1,3-8H3,(H,28,29);3-4H2,1-2H3/b22-18-,23-21+,27-9-;. The van der Waals surface area contributed by atoms with Crippen LogP contribution in [0.5, 0.6) is 0 Å². The van der Waals surface area contributed by atoms with E-state index in [-0.39, 0.29) is 22.9 Å². The Labute approximate surface area is 223 Å². The second-order valence-electron chi connectivity index (χ2n) is 10.7. The molecule has 1 aliphatic carbocycles. The molecule has 0 atom stereocenters. The Morgan fingerprint density at radius 1 is 1.16 bits per heavy atom. The van der Waals surface area contributed by atoms with Gasteiger partial charge in [0.1, 0.15) is 11.6 Å². The Morgan fingerprint density at radius 2 is 1.73 bits per heavy atom. The van der Waals surface area contributed by atoms with Gasteiger partial charge in [-0.2, -0.15) is 0 Å². The molecular weight excluding hydrogens is 466 g/mol. The van der Waals surface area contributed by atoms with Crippen LogP contribution >= 0.6 is 0 Å². The first kappa shape index (κ1) is 32.1. The van der Waals surface area contributed by atoms with Crippen LogP contribution in [0.15, 0.2) is 64.1 Å². The molecule has 1 aromatic carbocycles. The van der Waals surface area contributed by atoms with Gasteiger partial charge in [0.25, 0.3) is 5.91 Å². The lowest BCUT2D eigenvalue weighted by atomic mass is 9.97. The fraction of sp³-hybridized carbons (Fsp3) is 0.533. The zero-order chi connectivity index (χ0) is 28.2. The van der Waals surface area contributed by atoms with E-state index in [2.05, 4.69) is 30.7 Å². The molecule has 2 rings (SSSR count). The molecule has 0 saturated heterocycles. The zero-order valence-electron chi connectivity index (χ0n) is 24.3. The van der Waals surface area contributed by atoms with Crippen LogP contribution in [0.2, 0.25) is 0 Å². The van der Waals surface area contributed by atoms with Crippen LogP contribution in [0.4, 0.5) is 5.69 Å². The van der Waals surface area contributed by atoms with Gasteiger partial charge in [0.2, 0.25) is 0 Å². The number of anilines is 1. The van der Waals surface area contributed by atoms with Crippen LogP contribution in [-0.2, 0) is 25.6 Å². The van der Waals surface area contributed by atoms with Gasteiger partial charge in [-0.15, -0.1) is 0 Å². The SMILES string of the molecule is C=C(C)C(/C(C(=O)Nc1ccc(COC)cc1)=C(\C)OCCC(C)(C)OC)=C(N)\N=C/C.CC1(C)CC1. The first-order chi connectivity index (χ1) is 17.3. The molecule has 3 N–H and O–H groups in total. The molecule has 0 unspecified atom stereocenters. The van der Waals surface area contributed by atoms with E-state index in [4.69, 9.17) is 19.9 Å². The zero-order valence-corrected chi connectivity index (χ0v) is 24.3. The lowest BCUT2D eigenvalue weighted by Gasteiger charge is -2.23. The van der Waals surface area contributed by atoms with Crippen LogP contribution < -0.4 is 11.1 Å². The molecule has 7 nitrogen and oxygen atoms in total. The van der Waals surface area contributed by atoms with Crippen LogP contribution in [0.25, 0.3) is 0 Å². The summed E-state index contributed by atoms with van der Waals surface area (Å²) in [4.78, 5) is 17.5. The number of hydrogen-bond donors (Lipinski definition) is 2. The van der Waals surface area contributed by atoms with Crippen molar-refractivity contribution in [1.29, 1.82) is 0 Å². The first-order valence-electron chi connectivity index (χ1n) is 12.7. The summed E-state index contributed by atoms with van der Waals surface area (Å²) in [6.45, 7) is 18.7. The highest BCUT2D eigenvalue weighted by atomic mass is 16.5. The Morgan fingerprint density at radius 3 is 2.16 bits per heavy atom. The number of allylic oxidation sites excluding steroid dienone is 2. The van der Waals surface area contributed by atoms with Crippen molar-refractivity contribution in [3.8, 4) is 0 Å². The van der Waals surface area contributed by atoms with Crippen molar-refractivity contribution in [2.75, 3.05) is 26.1 Å². The van der Waals surface area contributed by atoms with Gasteiger partial charge in [0.05, 0.1) is 24.4 Å². The third-order valence-electron chi connectivity index (χ3n) is 6.13. The minimum atomic E-state index is -0.361. The summed E-state index contributed by atoms with van der Waals surface area (Å²) >= 11 is 0. The number of methoxy groups -OCH3 is 2. The van der Waals surface area contributed by atoms with Crippen LogP contribution in [-0.4, -0.2) is 38.5 Å². The predicted molar refractivity (Wildman–Crippen MR) is 153 cm³/mol. The second kappa shape index (κ2) is 14.7. The summed E-state index contributed by atoms with van der Waals surface area (Å²) in [5, 5.41) is 2.92. The largest absolute Gasteiger partial charge is 0.497 e. The van der Waals surface area contributed by atoms with Gasteiger partial charge in [0, 0.05) is 38.1 Å². The minimum Gasteiger partial charge on any atom is -0.497 e. The second-order valence-corrected chi connectivity index (χ2v) is 10.7. The molecule has 206 valence electrons. The van der Waals surface area contributed by atoms with E-state index in [1.807, 2.05) is 38.1 Å². The lowest BCUT2D eigenvalue weighted by molar-refractivity contribution is -0.112. The molecule has 0 bridgehead atoms. The van der Waals surface area contributed by atoms with Crippen molar-refractivity contribution in [2.45, 2.75) is 79.9 Å². The van der Waals surface area contributed by atoms with Gasteiger partial charge < -0.3 is 25.3 Å². The molecule has 1 fully saturated rings. The highest BCUT2D eigenvalue weighted by Gasteiger charge is 2.30. The van der Waals surface area contributed by atoms with E-state index in [0.717, 1.165) is 11.0 Å². The molecule has 7 heteroatoms. The maximum atomic E-state index is 13.4. The number of benzene rings is 1. The summed E-state index contributed by atoms with van der Waals surface area (Å²) < 4.78 is 16.5. The summed E-state index contributed by atoms with van der Waals surface area (Å²) in [7, 11) is 3.29. The Kier molecular flexibility index (Phi) is 12.8. The molecule has 0 spiro atoms. The Balaban J connectivity index is 0.00000121. The summed E-state index contributed by atoms with van der Waals surface area (Å²) in [6.07, 6.45) is 5.12. The van der Waals surface area contributed by atoms with Gasteiger partial charge in [-0.1, -0.05) is 32.6 Å². The molecule has 0 radical (unpaired) electrons. The van der Waals surface area contributed by atoms with Gasteiger partial charge in [0.15, 0.2) is 0 Å². The first-order valence-corrected chi connectivity index (χ1v) is 12.7. The molecule has 0 aliphatic heterocycles. The highest BCUT2D eigenvalue weighted by molar-refractivity contribution is 6.08. The molecule has 1 aromatic rings. The maximum absolute atomic E-state index is 13.4. The number of rotatable bonds is 12. The monoisotopic (exact) mass is 513 g/mol. The average Bonchev–Trinajstić information content (AvgIpc) is 3.52. The number of aliphatic imine (C=N–C) groups is 1. The predicted octanol–water partition coefficient (Wildman–Crippen LogP) is 6.52. The van der Waals surface area contributed by atoms with Crippen LogP contribution in [0.3, 0.4) is 0 Å². The number of carbonyl (C=O) groups excluding carboxylic acids is 1. The number of nitrogens with one attached hydrogen (secondary N) is 1. The third-order valence-corrected chi connectivity index (χ3v) is 6.13. The number of nitrogens with zero attached hydrogens (tertiary/aromatic N) is 1. The number of carbonyl (C=O) groups is 1. The molecule has 37 heavy (non-hydrogen) atoms. The van der Waals surface area contributed by atoms with E-state index in [9.17, 15) is 4.79 Å². The van der Waals surface area contributed by atoms with Gasteiger partial charge in [-0.05, 0) is 76.1 Å². The van der Waals surface area contributed by atoms with Crippen molar-refractivity contribution in [3.63, 3.8) is 0 Å². The summed E-state index contributed by atoms with van der Waals surface area (Å²) in [5.74, 6) is 0.263. The van der Waals surface area contributed by atoms with Crippen LogP contribution in [0, 0.1) is 5.41 Å². The fourth-order valence-electron chi connectivity index (χ4n) is 3.13. The number of hydrogen-bond acceptors (Lipinski definition) is 6. The highest BCUT2D eigenvalue weighted by Crippen LogP contribution is 2.43. The fourth-order valence-corrected chi connectivity index (χ4v) is 3.13. The number of amides is 1.